The van der Waals surface area contributed by atoms with Gasteiger partial charge in [-0.1, -0.05) is 20.3 Å². The molecule has 0 heterocycles. The molecule has 0 amide bonds. The Bertz CT molecular complexity index is 315. The van der Waals surface area contributed by atoms with E-state index in [1.54, 1.807) is 6.92 Å². The van der Waals surface area contributed by atoms with E-state index in [4.69, 9.17) is 9.84 Å². The van der Waals surface area contributed by atoms with E-state index in [0.717, 1.165) is 17.1 Å². The number of hydrogen-bond acceptors (Lipinski definition) is 6. The van der Waals surface area contributed by atoms with Crippen molar-refractivity contribution >= 4 is 16.3 Å². The molecule has 0 aromatic rings. The van der Waals surface area contributed by atoms with Crippen LogP contribution in [-0.2, 0) is 24.0 Å². The normalized spacial score (nSPS) is 11.8. The van der Waals surface area contributed by atoms with Crippen LogP contribution < -0.4 is 0 Å². The van der Waals surface area contributed by atoms with Gasteiger partial charge in [0.1, 0.15) is 13.3 Å². The third-order valence-corrected chi connectivity index (χ3v) is 3.27. The van der Waals surface area contributed by atoms with Gasteiger partial charge in [0.2, 0.25) is 0 Å². The van der Waals surface area contributed by atoms with Gasteiger partial charge in [0.15, 0.2) is 0 Å². The number of carbonyl (C=O) groups excluding carboxylic acids is 1. The molecule has 0 aliphatic carbocycles. The first kappa shape index (κ1) is 16.3. The van der Waals surface area contributed by atoms with Crippen LogP contribution in [0.3, 0.4) is 0 Å². The largest absolute Gasteiger partial charge is 0.389 e. The molecule has 0 saturated carbocycles. The van der Waals surface area contributed by atoms with Crippen molar-refractivity contribution < 1.29 is 27.2 Å². The molecule has 0 spiro atoms. The summed E-state index contributed by atoms with van der Waals surface area (Å²) in [5.74, 6) is -1.21. The highest BCUT2D eigenvalue weighted by Gasteiger charge is 2.24. The third-order valence-electron chi connectivity index (χ3n) is 1.87. The lowest BCUT2D eigenvalue weighted by Crippen LogP contribution is -2.36. The van der Waals surface area contributed by atoms with Crippen LogP contribution in [0.15, 0.2) is 0 Å². The van der Waals surface area contributed by atoms with Gasteiger partial charge in [0.25, 0.3) is 0 Å². The van der Waals surface area contributed by atoms with Gasteiger partial charge in [-0.15, -0.1) is 4.31 Å². The van der Waals surface area contributed by atoms with E-state index in [1.165, 1.54) is 0 Å². The highest BCUT2D eigenvalue weighted by molar-refractivity contribution is 7.84. The molecule has 7 nitrogen and oxygen atoms in total. The third kappa shape index (κ3) is 6.57. The molecule has 0 saturated heterocycles. The van der Waals surface area contributed by atoms with E-state index < -0.39 is 22.9 Å². The molecular formula is C9H19NO6S. The summed E-state index contributed by atoms with van der Waals surface area (Å²) >= 11 is 0. The van der Waals surface area contributed by atoms with Gasteiger partial charge in [0.05, 0.1) is 0 Å². The zero-order valence-corrected chi connectivity index (χ0v) is 10.9. The van der Waals surface area contributed by atoms with Crippen LogP contribution in [0.4, 0.5) is 0 Å². The molecule has 102 valence electrons. The molecular weight excluding hydrogens is 250 g/mol. The Hall–Kier alpha value is -0.700. The predicted octanol–water partition coefficient (Wildman–Crippen LogP) is -0.137. The summed E-state index contributed by atoms with van der Waals surface area (Å²) in [7, 11) is -4.17. The Kier molecular flexibility index (Phi) is 8.05. The molecule has 0 rings (SSSR count). The van der Waals surface area contributed by atoms with Crippen molar-refractivity contribution in [1.29, 1.82) is 0 Å². The number of aliphatic hydroxyl groups excluding tert-OH is 1. The Morgan fingerprint density at radius 2 is 2.00 bits per heavy atom. The first-order valence-electron chi connectivity index (χ1n) is 5.38. The second-order valence-electron chi connectivity index (χ2n) is 3.23. The first-order valence-corrected chi connectivity index (χ1v) is 6.75. The van der Waals surface area contributed by atoms with Gasteiger partial charge in [-0.3, -0.25) is 0 Å². The van der Waals surface area contributed by atoms with Crippen LogP contribution in [0.5, 0.6) is 0 Å². The smallest absolute Gasteiger partial charge is 0.385 e. The summed E-state index contributed by atoms with van der Waals surface area (Å²) in [4.78, 5) is 10.7. The van der Waals surface area contributed by atoms with E-state index in [1.807, 2.05) is 6.92 Å². The SMILES string of the molecule is CCCCOCN(CC)S(=O)(=O)OC(=O)CO. The molecule has 8 heteroatoms. The monoisotopic (exact) mass is 269 g/mol. The average molecular weight is 269 g/mol. The van der Waals surface area contributed by atoms with Crippen LogP contribution in [0.2, 0.25) is 0 Å². The Morgan fingerprint density at radius 3 is 2.47 bits per heavy atom. The highest BCUT2D eigenvalue weighted by Crippen LogP contribution is 2.04. The van der Waals surface area contributed by atoms with Crippen LogP contribution in [-0.4, -0.2) is 50.3 Å². The van der Waals surface area contributed by atoms with Gasteiger partial charge in [0, 0.05) is 13.2 Å². The summed E-state index contributed by atoms with van der Waals surface area (Å²) < 4.78 is 33.1. The summed E-state index contributed by atoms with van der Waals surface area (Å²) in [5.41, 5.74) is 0. The number of nitrogens with zero attached hydrogens (tertiary/aromatic N) is 1. The van der Waals surface area contributed by atoms with Gasteiger partial charge in [-0.2, -0.15) is 8.42 Å². The fourth-order valence-corrected chi connectivity index (χ4v) is 1.84. The van der Waals surface area contributed by atoms with Crippen molar-refractivity contribution in [2.75, 3.05) is 26.5 Å². The van der Waals surface area contributed by atoms with Gasteiger partial charge in [-0.25, -0.2) is 4.79 Å². The van der Waals surface area contributed by atoms with Crippen LogP contribution >= 0.6 is 0 Å². The van der Waals surface area contributed by atoms with E-state index in [2.05, 4.69) is 4.18 Å². The molecule has 0 aliphatic rings. The van der Waals surface area contributed by atoms with Crippen molar-refractivity contribution in [3.05, 3.63) is 0 Å². The Morgan fingerprint density at radius 1 is 1.35 bits per heavy atom. The zero-order valence-electron chi connectivity index (χ0n) is 10.1. The topological polar surface area (TPSA) is 93.1 Å². The number of ether oxygens (including phenoxy) is 1. The van der Waals surface area contributed by atoms with Crippen LogP contribution in [0, 0.1) is 0 Å². The zero-order chi connectivity index (χ0) is 13.3. The standard InChI is InChI=1S/C9H19NO6S/c1-3-5-6-15-8-10(4-2)17(13,14)16-9(12)7-11/h11H,3-8H2,1-2H3. The Labute approximate surface area is 102 Å². The number of hydrogen-bond donors (Lipinski definition) is 1. The minimum Gasteiger partial charge on any atom is -0.385 e. The number of carbonyl (C=O) groups is 1. The maximum Gasteiger partial charge on any atom is 0.389 e. The Balaban J connectivity index is 4.27. The molecule has 0 bridgehead atoms. The maximum atomic E-state index is 11.5. The fourth-order valence-electron chi connectivity index (χ4n) is 0.923. The second-order valence-corrected chi connectivity index (χ2v) is 4.77. The van der Waals surface area contributed by atoms with Crippen molar-refractivity contribution in [3.8, 4) is 0 Å². The summed E-state index contributed by atoms with van der Waals surface area (Å²) in [5, 5.41) is 8.41. The van der Waals surface area contributed by atoms with Crippen molar-refractivity contribution in [2.24, 2.45) is 0 Å². The average Bonchev–Trinajstić information content (AvgIpc) is 2.28. The number of unbranched alkanes of at least 4 members (excludes halogenated alkanes) is 1. The molecule has 0 aliphatic heterocycles. The second kappa shape index (κ2) is 8.40. The lowest BCUT2D eigenvalue weighted by molar-refractivity contribution is -0.137. The highest BCUT2D eigenvalue weighted by atomic mass is 32.2. The minimum absolute atomic E-state index is 0.118. The molecule has 1 N–H and O–H groups in total. The predicted molar refractivity (Wildman–Crippen MR) is 60.2 cm³/mol. The van der Waals surface area contributed by atoms with E-state index in [9.17, 15) is 13.2 Å². The molecule has 0 radical (unpaired) electrons. The summed E-state index contributed by atoms with van der Waals surface area (Å²) in [6.45, 7) is 2.99. The quantitative estimate of drug-likeness (QED) is 0.462. The summed E-state index contributed by atoms with van der Waals surface area (Å²) in [6, 6.07) is 0. The maximum absolute atomic E-state index is 11.5. The lowest BCUT2D eigenvalue weighted by atomic mass is 10.4. The van der Waals surface area contributed by atoms with Crippen molar-refractivity contribution in [1.82, 2.24) is 4.31 Å². The van der Waals surface area contributed by atoms with E-state index >= 15 is 0 Å². The van der Waals surface area contributed by atoms with E-state index in [-0.39, 0.29) is 13.3 Å². The number of rotatable bonds is 9. The molecule has 17 heavy (non-hydrogen) atoms. The van der Waals surface area contributed by atoms with Crippen LogP contribution in [0.1, 0.15) is 26.7 Å². The molecule has 0 fully saturated rings. The summed E-state index contributed by atoms with van der Waals surface area (Å²) in [6.07, 6.45) is 1.77. The number of aliphatic hydroxyl groups is 1. The lowest BCUT2D eigenvalue weighted by Gasteiger charge is -2.18. The van der Waals surface area contributed by atoms with Crippen molar-refractivity contribution in [3.63, 3.8) is 0 Å². The van der Waals surface area contributed by atoms with Crippen molar-refractivity contribution in [2.45, 2.75) is 26.7 Å². The van der Waals surface area contributed by atoms with Gasteiger partial charge in [-0.05, 0) is 6.42 Å². The molecule has 0 atom stereocenters. The first-order chi connectivity index (χ1) is 7.97. The molecule has 0 aromatic heterocycles. The van der Waals surface area contributed by atoms with Crippen LogP contribution in [0.25, 0.3) is 0 Å². The van der Waals surface area contributed by atoms with E-state index in [0.29, 0.717) is 6.61 Å². The van der Waals surface area contributed by atoms with Gasteiger partial charge >= 0.3 is 16.3 Å². The molecule has 0 aromatic carbocycles. The minimum atomic E-state index is -4.17. The van der Waals surface area contributed by atoms with Gasteiger partial charge < -0.3 is 14.0 Å². The molecule has 0 unspecified atom stereocenters. The fraction of sp³-hybridized carbons (Fsp3) is 0.889.